The molecule has 1 amide bonds. The van der Waals surface area contributed by atoms with Gasteiger partial charge in [0.1, 0.15) is 6.10 Å². The summed E-state index contributed by atoms with van der Waals surface area (Å²) in [6.45, 7) is 3.80. The summed E-state index contributed by atoms with van der Waals surface area (Å²) in [5.74, 6) is 1.17. The molecule has 1 aromatic heterocycles. The van der Waals surface area contributed by atoms with Crippen LogP contribution in [-0.4, -0.2) is 28.3 Å². The van der Waals surface area contributed by atoms with Crippen LogP contribution in [0.5, 0.6) is 11.5 Å². The zero-order valence-electron chi connectivity index (χ0n) is 15.0. The van der Waals surface area contributed by atoms with Crippen LogP contribution in [0.25, 0.3) is 0 Å². The lowest BCUT2D eigenvalue weighted by Gasteiger charge is -2.30. The van der Waals surface area contributed by atoms with Crippen LogP contribution in [0, 0.1) is 6.92 Å². The molecular formula is C20H19N3O4. The number of hydrogen-bond acceptors (Lipinski definition) is 6. The highest BCUT2D eigenvalue weighted by molar-refractivity contribution is 5.93. The molecule has 4 rings (SSSR count). The maximum Gasteiger partial charge on any atom is 0.322 e. The average Bonchev–Trinajstić information content (AvgIpc) is 3.09. The first kappa shape index (κ1) is 17.1. The molecule has 2 aromatic carbocycles. The Morgan fingerprint density at radius 1 is 1.04 bits per heavy atom. The minimum absolute atomic E-state index is 0.0387. The minimum atomic E-state index is -0.813. The molecule has 0 saturated carbocycles. The van der Waals surface area contributed by atoms with E-state index in [2.05, 4.69) is 15.5 Å². The summed E-state index contributed by atoms with van der Waals surface area (Å²) < 4.78 is 17.0. The first-order valence-electron chi connectivity index (χ1n) is 8.69. The number of hydrogen-bond donors (Lipinski definition) is 1. The van der Waals surface area contributed by atoms with E-state index in [-0.39, 0.29) is 6.01 Å². The molecule has 7 nitrogen and oxygen atoms in total. The van der Waals surface area contributed by atoms with E-state index < -0.39 is 18.1 Å². The van der Waals surface area contributed by atoms with Crippen molar-refractivity contribution in [3.63, 3.8) is 0 Å². The van der Waals surface area contributed by atoms with Crippen molar-refractivity contribution in [3.8, 4) is 11.5 Å². The van der Waals surface area contributed by atoms with Crippen molar-refractivity contribution in [1.29, 1.82) is 0 Å². The zero-order chi connectivity index (χ0) is 18.8. The van der Waals surface area contributed by atoms with Gasteiger partial charge in [0.05, 0.1) is 6.42 Å². The molecule has 2 atom stereocenters. The van der Waals surface area contributed by atoms with Crippen molar-refractivity contribution in [2.75, 3.05) is 5.32 Å². The van der Waals surface area contributed by atoms with E-state index in [1.165, 1.54) is 5.56 Å². The summed E-state index contributed by atoms with van der Waals surface area (Å²) in [5, 5.41) is 10.5. The molecule has 138 valence electrons. The van der Waals surface area contributed by atoms with E-state index in [9.17, 15) is 4.79 Å². The third kappa shape index (κ3) is 3.76. The second kappa shape index (κ2) is 7.11. The Morgan fingerprint density at radius 2 is 1.74 bits per heavy atom. The van der Waals surface area contributed by atoms with Gasteiger partial charge in [-0.15, -0.1) is 5.10 Å². The number of rotatable bonds is 4. The highest BCUT2D eigenvalue weighted by Gasteiger charge is 2.34. The Bertz CT molecular complexity index is 952. The van der Waals surface area contributed by atoms with Crippen LogP contribution in [0.1, 0.15) is 23.9 Å². The third-order valence-electron chi connectivity index (χ3n) is 4.27. The van der Waals surface area contributed by atoms with Crippen molar-refractivity contribution in [2.45, 2.75) is 32.5 Å². The number of benzene rings is 2. The molecule has 3 aromatic rings. The van der Waals surface area contributed by atoms with Crippen LogP contribution >= 0.6 is 0 Å². The van der Waals surface area contributed by atoms with E-state index in [4.69, 9.17) is 13.9 Å². The molecule has 2 unspecified atom stereocenters. The number of aryl methyl sites for hydroxylation is 1. The fourth-order valence-corrected chi connectivity index (χ4v) is 2.84. The van der Waals surface area contributed by atoms with Gasteiger partial charge in [-0.1, -0.05) is 47.1 Å². The highest BCUT2D eigenvalue weighted by atomic mass is 16.6. The number of nitrogens with one attached hydrogen (secondary N) is 1. The number of nitrogens with zero attached hydrogens (tertiary/aromatic N) is 2. The second-order valence-electron chi connectivity index (χ2n) is 6.46. The molecule has 1 aliphatic rings. The summed E-state index contributed by atoms with van der Waals surface area (Å²) in [6, 6.07) is 15.3. The molecule has 0 spiro atoms. The number of carbonyl (C=O) groups is 1. The topological polar surface area (TPSA) is 86.5 Å². The van der Waals surface area contributed by atoms with E-state index in [0.29, 0.717) is 23.8 Å². The second-order valence-corrected chi connectivity index (χ2v) is 6.46. The SMILES string of the molecule is Cc1ccc(Cc2nnc(NC(=O)C3Oc4ccccc4OC3C)o2)cc1. The van der Waals surface area contributed by atoms with Gasteiger partial charge in [-0.2, -0.15) is 0 Å². The number of amides is 1. The molecule has 2 heterocycles. The van der Waals surface area contributed by atoms with Gasteiger partial charge in [-0.3, -0.25) is 10.1 Å². The van der Waals surface area contributed by atoms with E-state index in [1.807, 2.05) is 43.3 Å². The van der Waals surface area contributed by atoms with E-state index in [0.717, 1.165) is 5.56 Å². The summed E-state index contributed by atoms with van der Waals surface area (Å²) in [6.07, 6.45) is -0.766. The van der Waals surface area contributed by atoms with Gasteiger partial charge in [-0.05, 0) is 31.5 Å². The van der Waals surface area contributed by atoms with E-state index >= 15 is 0 Å². The summed E-state index contributed by atoms with van der Waals surface area (Å²) in [4.78, 5) is 12.5. The van der Waals surface area contributed by atoms with Crippen LogP contribution in [0.15, 0.2) is 52.9 Å². The summed E-state index contributed by atoms with van der Waals surface area (Å²) in [7, 11) is 0. The summed E-state index contributed by atoms with van der Waals surface area (Å²) >= 11 is 0. The van der Waals surface area contributed by atoms with Crippen molar-refractivity contribution >= 4 is 11.9 Å². The lowest BCUT2D eigenvalue weighted by atomic mass is 10.1. The van der Waals surface area contributed by atoms with Gasteiger partial charge in [0.15, 0.2) is 11.5 Å². The molecule has 7 heteroatoms. The minimum Gasteiger partial charge on any atom is -0.482 e. The molecule has 1 aliphatic heterocycles. The fourth-order valence-electron chi connectivity index (χ4n) is 2.84. The standard InChI is InChI=1S/C20H19N3O4/c1-12-7-9-14(10-8-12)11-17-22-23-20(27-17)21-19(24)18-13(2)25-15-5-3-4-6-16(15)26-18/h3-10,13,18H,11H2,1-2H3,(H,21,23,24). The van der Waals surface area contributed by atoms with Crippen molar-refractivity contribution < 1.29 is 18.7 Å². The van der Waals surface area contributed by atoms with Crippen LogP contribution in [0.3, 0.4) is 0 Å². The highest BCUT2D eigenvalue weighted by Crippen LogP contribution is 2.33. The largest absolute Gasteiger partial charge is 0.482 e. The Kier molecular flexibility index (Phi) is 4.50. The van der Waals surface area contributed by atoms with E-state index in [1.54, 1.807) is 19.1 Å². The Balaban J connectivity index is 1.41. The Morgan fingerprint density at radius 3 is 2.48 bits per heavy atom. The molecule has 0 bridgehead atoms. The predicted molar refractivity (Wildman–Crippen MR) is 97.9 cm³/mol. The molecule has 0 saturated heterocycles. The lowest BCUT2D eigenvalue weighted by Crippen LogP contribution is -2.46. The van der Waals surface area contributed by atoms with Gasteiger partial charge in [-0.25, -0.2) is 0 Å². The quantitative estimate of drug-likeness (QED) is 0.764. The average molecular weight is 365 g/mol. The van der Waals surface area contributed by atoms with Crippen molar-refractivity contribution in [3.05, 3.63) is 65.5 Å². The van der Waals surface area contributed by atoms with Crippen LogP contribution in [0.4, 0.5) is 6.01 Å². The Labute approximate surface area is 156 Å². The number of aromatic nitrogens is 2. The van der Waals surface area contributed by atoms with Gasteiger partial charge in [0.2, 0.25) is 12.0 Å². The molecule has 0 aliphatic carbocycles. The maximum absolute atomic E-state index is 12.5. The first-order chi connectivity index (χ1) is 13.1. The lowest BCUT2D eigenvalue weighted by molar-refractivity contribution is -0.128. The molecular weight excluding hydrogens is 346 g/mol. The van der Waals surface area contributed by atoms with Crippen LogP contribution < -0.4 is 14.8 Å². The van der Waals surface area contributed by atoms with Crippen LogP contribution in [0.2, 0.25) is 0 Å². The molecule has 0 radical (unpaired) electrons. The van der Waals surface area contributed by atoms with Crippen molar-refractivity contribution in [1.82, 2.24) is 10.2 Å². The Hall–Kier alpha value is -3.35. The number of carbonyl (C=O) groups excluding carboxylic acids is 1. The first-order valence-corrected chi connectivity index (χ1v) is 8.69. The molecule has 1 N–H and O–H groups in total. The zero-order valence-corrected chi connectivity index (χ0v) is 15.0. The fraction of sp³-hybridized carbons (Fsp3) is 0.250. The number of fused-ring (bicyclic) bond motifs is 1. The van der Waals surface area contributed by atoms with Gasteiger partial charge in [0, 0.05) is 0 Å². The van der Waals surface area contributed by atoms with Crippen LogP contribution in [-0.2, 0) is 11.2 Å². The summed E-state index contributed by atoms with van der Waals surface area (Å²) in [5.41, 5.74) is 2.24. The molecule has 0 fully saturated rings. The van der Waals surface area contributed by atoms with Gasteiger partial charge < -0.3 is 13.9 Å². The van der Waals surface area contributed by atoms with Gasteiger partial charge in [0.25, 0.3) is 5.91 Å². The monoisotopic (exact) mass is 365 g/mol. The maximum atomic E-state index is 12.5. The number of anilines is 1. The smallest absolute Gasteiger partial charge is 0.322 e. The van der Waals surface area contributed by atoms with Crippen molar-refractivity contribution in [2.24, 2.45) is 0 Å². The molecule has 27 heavy (non-hydrogen) atoms. The third-order valence-corrected chi connectivity index (χ3v) is 4.27. The van der Waals surface area contributed by atoms with Gasteiger partial charge >= 0.3 is 6.01 Å². The number of ether oxygens (including phenoxy) is 2. The number of para-hydroxylation sites is 2. The predicted octanol–water partition coefficient (Wildman–Crippen LogP) is 3.14. The normalized spacial score (nSPS) is 18.1.